The molecule has 60 valence electrons. The van der Waals surface area contributed by atoms with Crippen LogP contribution in [0.5, 0.6) is 0 Å². The van der Waals surface area contributed by atoms with Crippen LogP contribution in [0.4, 0.5) is 0 Å². The lowest BCUT2D eigenvalue weighted by atomic mass is 10.00. The van der Waals surface area contributed by atoms with Gasteiger partial charge in [-0.2, -0.15) is 0 Å². The number of aliphatic hydroxyl groups is 2. The molecular weight excluding hydrogens is 132 g/mol. The standard InChI is InChI=1S/C7H14O3/c1-2-7(9)6(8)4-3-5-10-7/h6,8-9H,2-5H2,1H3/t6-,7+/m0/s1. The Balaban J connectivity index is 2.54. The molecule has 0 aromatic heterocycles. The maximum atomic E-state index is 9.48. The van der Waals surface area contributed by atoms with Crippen molar-refractivity contribution in [1.29, 1.82) is 0 Å². The van der Waals surface area contributed by atoms with E-state index in [1.807, 2.05) is 0 Å². The molecule has 1 fully saturated rings. The highest BCUT2D eigenvalue weighted by Crippen LogP contribution is 2.25. The summed E-state index contributed by atoms with van der Waals surface area (Å²) in [6.45, 7) is 2.36. The maximum Gasteiger partial charge on any atom is 0.191 e. The van der Waals surface area contributed by atoms with Gasteiger partial charge in [-0.3, -0.25) is 0 Å². The highest BCUT2D eigenvalue weighted by Gasteiger charge is 2.37. The van der Waals surface area contributed by atoms with Crippen molar-refractivity contribution in [2.75, 3.05) is 6.61 Å². The molecule has 2 atom stereocenters. The molecule has 0 aliphatic carbocycles. The van der Waals surface area contributed by atoms with Crippen molar-refractivity contribution < 1.29 is 14.9 Å². The monoisotopic (exact) mass is 146 g/mol. The van der Waals surface area contributed by atoms with Crippen LogP contribution in [-0.2, 0) is 4.74 Å². The van der Waals surface area contributed by atoms with E-state index < -0.39 is 11.9 Å². The first kappa shape index (κ1) is 7.98. The lowest BCUT2D eigenvalue weighted by Crippen LogP contribution is -2.47. The fourth-order valence-corrected chi connectivity index (χ4v) is 1.19. The first-order valence-electron chi connectivity index (χ1n) is 3.73. The quantitative estimate of drug-likeness (QED) is 0.557. The molecule has 1 aliphatic heterocycles. The van der Waals surface area contributed by atoms with E-state index in [0.717, 1.165) is 6.42 Å². The van der Waals surface area contributed by atoms with E-state index in [-0.39, 0.29) is 0 Å². The molecule has 0 spiro atoms. The second-order valence-corrected chi connectivity index (χ2v) is 2.70. The summed E-state index contributed by atoms with van der Waals surface area (Å²) < 4.78 is 5.03. The smallest absolute Gasteiger partial charge is 0.191 e. The van der Waals surface area contributed by atoms with E-state index in [1.54, 1.807) is 6.92 Å². The zero-order valence-electron chi connectivity index (χ0n) is 6.21. The van der Waals surface area contributed by atoms with Crippen LogP contribution in [-0.4, -0.2) is 28.7 Å². The fourth-order valence-electron chi connectivity index (χ4n) is 1.19. The summed E-state index contributed by atoms with van der Waals surface area (Å²) in [6.07, 6.45) is 1.23. The molecule has 0 saturated carbocycles. The van der Waals surface area contributed by atoms with E-state index in [4.69, 9.17) is 4.74 Å². The molecule has 0 bridgehead atoms. The lowest BCUT2D eigenvalue weighted by Gasteiger charge is -2.35. The minimum absolute atomic E-state index is 0.453. The number of hydrogen-bond donors (Lipinski definition) is 2. The summed E-state index contributed by atoms with van der Waals surface area (Å²) in [5.41, 5.74) is 0. The Kier molecular flexibility index (Phi) is 2.28. The van der Waals surface area contributed by atoms with Gasteiger partial charge in [0.25, 0.3) is 0 Å². The van der Waals surface area contributed by atoms with E-state index >= 15 is 0 Å². The second-order valence-electron chi connectivity index (χ2n) is 2.70. The Hall–Kier alpha value is -0.120. The Bertz CT molecular complexity index is 115. The zero-order valence-corrected chi connectivity index (χ0v) is 6.21. The van der Waals surface area contributed by atoms with Crippen molar-refractivity contribution in [2.24, 2.45) is 0 Å². The summed E-state index contributed by atoms with van der Waals surface area (Å²) in [5, 5.41) is 18.7. The largest absolute Gasteiger partial charge is 0.388 e. The summed E-state index contributed by atoms with van der Waals surface area (Å²) >= 11 is 0. The summed E-state index contributed by atoms with van der Waals surface area (Å²) in [6, 6.07) is 0. The van der Waals surface area contributed by atoms with Crippen molar-refractivity contribution in [3.63, 3.8) is 0 Å². The minimum Gasteiger partial charge on any atom is -0.388 e. The van der Waals surface area contributed by atoms with Crippen molar-refractivity contribution in [3.8, 4) is 0 Å². The number of hydrogen-bond acceptors (Lipinski definition) is 3. The van der Waals surface area contributed by atoms with Crippen molar-refractivity contribution in [3.05, 3.63) is 0 Å². The maximum absolute atomic E-state index is 9.48. The van der Waals surface area contributed by atoms with Crippen LogP contribution in [0.15, 0.2) is 0 Å². The normalized spacial score (nSPS) is 41.7. The zero-order chi connectivity index (χ0) is 7.61. The van der Waals surface area contributed by atoms with Crippen LogP contribution in [0.3, 0.4) is 0 Å². The molecule has 0 aromatic carbocycles. The molecule has 1 saturated heterocycles. The van der Waals surface area contributed by atoms with E-state index in [1.165, 1.54) is 0 Å². The van der Waals surface area contributed by atoms with Gasteiger partial charge in [-0.1, -0.05) is 6.92 Å². The van der Waals surface area contributed by atoms with Gasteiger partial charge in [0.1, 0.15) is 6.10 Å². The third-order valence-electron chi connectivity index (χ3n) is 2.00. The van der Waals surface area contributed by atoms with Gasteiger partial charge in [0.2, 0.25) is 0 Å². The molecule has 0 aromatic rings. The van der Waals surface area contributed by atoms with Crippen LogP contribution in [0, 0.1) is 0 Å². The van der Waals surface area contributed by atoms with Crippen molar-refractivity contribution in [1.82, 2.24) is 0 Å². The predicted octanol–water partition coefficient (Wildman–Crippen LogP) is 0.256. The van der Waals surface area contributed by atoms with E-state index in [2.05, 4.69) is 0 Å². The first-order chi connectivity index (χ1) is 4.69. The van der Waals surface area contributed by atoms with Gasteiger partial charge in [0, 0.05) is 6.42 Å². The summed E-state index contributed by atoms with van der Waals surface area (Å²) in [7, 11) is 0. The summed E-state index contributed by atoms with van der Waals surface area (Å²) in [4.78, 5) is 0. The minimum atomic E-state index is -1.27. The highest BCUT2D eigenvalue weighted by molar-refractivity contribution is 4.78. The molecule has 0 amide bonds. The molecular formula is C7H14O3. The van der Waals surface area contributed by atoms with Gasteiger partial charge in [-0.05, 0) is 12.8 Å². The Morgan fingerprint density at radius 2 is 2.40 bits per heavy atom. The molecule has 3 heteroatoms. The number of rotatable bonds is 1. The number of aliphatic hydroxyl groups excluding tert-OH is 1. The van der Waals surface area contributed by atoms with Gasteiger partial charge in [-0.15, -0.1) is 0 Å². The van der Waals surface area contributed by atoms with E-state index in [0.29, 0.717) is 19.4 Å². The van der Waals surface area contributed by atoms with Crippen LogP contribution in [0.1, 0.15) is 26.2 Å². The third kappa shape index (κ3) is 1.31. The Labute approximate surface area is 60.6 Å². The predicted molar refractivity (Wildman–Crippen MR) is 36.4 cm³/mol. The molecule has 1 rings (SSSR count). The fraction of sp³-hybridized carbons (Fsp3) is 1.00. The summed E-state index contributed by atoms with van der Waals surface area (Å²) in [5.74, 6) is -1.27. The highest BCUT2D eigenvalue weighted by atomic mass is 16.6. The number of ether oxygens (including phenoxy) is 1. The molecule has 1 aliphatic rings. The van der Waals surface area contributed by atoms with Gasteiger partial charge >= 0.3 is 0 Å². The van der Waals surface area contributed by atoms with Crippen molar-refractivity contribution in [2.45, 2.75) is 38.1 Å². The van der Waals surface area contributed by atoms with E-state index in [9.17, 15) is 10.2 Å². The average molecular weight is 146 g/mol. The average Bonchev–Trinajstić information content (AvgIpc) is 1.96. The van der Waals surface area contributed by atoms with Gasteiger partial charge in [0.05, 0.1) is 6.61 Å². The third-order valence-corrected chi connectivity index (χ3v) is 2.00. The Morgan fingerprint density at radius 1 is 1.70 bits per heavy atom. The lowest BCUT2D eigenvalue weighted by molar-refractivity contribution is -0.276. The van der Waals surface area contributed by atoms with Crippen LogP contribution in [0.25, 0.3) is 0 Å². The first-order valence-corrected chi connectivity index (χ1v) is 3.73. The topological polar surface area (TPSA) is 49.7 Å². The van der Waals surface area contributed by atoms with Gasteiger partial charge in [0.15, 0.2) is 5.79 Å². The molecule has 2 N–H and O–H groups in total. The van der Waals surface area contributed by atoms with Gasteiger partial charge < -0.3 is 14.9 Å². The van der Waals surface area contributed by atoms with Crippen LogP contribution >= 0.6 is 0 Å². The molecule has 0 radical (unpaired) electrons. The Morgan fingerprint density at radius 3 is 2.80 bits per heavy atom. The molecule has 3 nitrogen and oxygen atoms in total. The second kappa shape index (κ2) is 2.86. The molecule has 0 unspecified atom stereocenters. The van der Waals surface area contributed by atoms with Crippen LogP contribution < -0.4 is 0 Å². The molecule has 10 heavy (non-hydrogen) atoms. The molecule has 1 heterocycles. The van der Waals surface area contributed by atoms with Gasteiger partial charge in [-0.25, -0.2) is 0 Å². The SMILES string of the molecule is CC[C@@]1(O)OCCC[C@@H]1O. The van der Waals surface area contributed by atoms with Crippen LogP contribution in [0.2, 0.25) is 0 Å². The van der Waals surface area contributed by atoms with Crippen molar-refractivity contribution >= 4 is 0 Å².